The number of hydrogen-bond acceptors (Lipinski definition) is 1. The molecule has 2 rings (SSSR count). The Labute approximate surface area is 127 Å². The van der Waals surface area contributed by atoms with Crippen LogP contribution in [0.3, 0.4) is 0 Å². The number of benzene rings is 2. The van der Waals surface area contributed by atoms with Gasteiger partial charge in [-0.05, 0) is 65.0 Å². The average Bonchev–Trinajstić information content (AvgIpc) is 2.43. The second-order valence-electron chi connectivity index (χ2n) is 4.97. The Morgan fingerprint density at radius 1 is 1.10 bits per heavy atom. The van der Waals surface area contributed by atoms with E-state index >= 15 is 0 Å². The number of carbonyl (C=O) groups excluding carboxylic acids is 1. The zero-order chi connectivity index (χ0) is 14.7. The first-order valence-electron chi connectivity index (χ1n) is 6.52. The van der Waals surface area contributed by atoms with Gasteiger partial charge in [-0.2, -0.15) is 0 Å². The van der Waals surface area contributed by atoms with Crippen molar-refractivity contribution >= 4 is 21.7 Å². The summed E-state index contributed by atoms with van der Waals surface area (Å²) in [4.78, 5) is 12.1. The van der Waals surface area contributed by atoms with Gasteiger partial charge in [0.2, 0.25) is 0 Å². The molecule has 0 aliphatic heterocycles. The zero-order valence-electron chi connectivity index (χ0n) is 11.5. The van der Waals surface area contributed by atoms with Crippen molar-refractivity contribution in [2.75, 3.05) is 0 Å². The Kier molecular flexibility index (Phi) is 4.71. The van der Waals surface area contributed by atoms with E-state index in [2.05, 4.69) is 41.9 Å². The number of Topliss-reactive ketones (excluding diaryl/α,β-unsaturated/α-hetero) is 1. The lowest BCUT2D eigenvalue weighted by Gasteiger charge is -2.06. The molecule has 0 radical (unpaired) electrons. The predicted molar refractivity (Wildman–Crippen MR) is 82.7 cm³/mol. The van der Waals surface area contributed by atoms with E-state index in [0.717, 1.165) is 5.56 Å². The molecule has 3 heteroatoms. The van der Waals surface area contributed by atoms with Crippen LogP contribution in [0, 0.1) is 19.7 Å². The van der Waals surface area contributed by atoms with Gasteiger partial charge in [0, 0.05) is 12.0 Å². The molecule has 0 saturated heterocycles. The summed E-state index contributed by atoms with van der Waals surface area (Å²) in [5.41, 5.74) is 4.04. The maximum absolute atomic E-state index is 13.4. The molecule has 104 valence electrons. The van der Waals surface area contributed by atoms with Gasteiger partial charge in [-0.25, -0.2) is 4.39 Å². The summed E-state index contributed by atoms with van der Waals surface area (Å²) < 4.78 is 13.8. The first-order chi connectivity index (χ1) is 9.47. The molecule has 0 aliphatic carbocycles. The van der Waals surface area contributed by atoms with Crippen molar-refractivity contribution in [3.8, 4) is 0 Å². The molecular weight excluding hydrogens is 319 g/mol. The molecule has 2 aromatic carbocycles. The van der Waals surface area contributed by atoms with E-state index in [1.165, 1.54) is 17.2 Å². The summed E-state index contributed by atoms with van der Waals surface area (Å²) in [7, 11) is 0. The van der Waals surface area contributed by atoms with E-state index < -0.39 is 5.82 Å². The van der Waals surface area contributed by atoms with Gasteiger partial charge in [-0.15, -0.1) is 0 Å². The van der Waals surface area contributed by atoms with Gasteiger partial charge in [0.15, 0.2) is 5.78 Å². The fourth-order valence-corrected chi connectivity index (χ4v) is 2.28. The van der Waals surface area contributed by atoms with Crippen LogP contribution in [0.5, 0.6) is 0 Å². The molecule has 0 spiro atoms. The molecule has 0 bridgehead atoms. The summed E-state index contributed by atoms with van der Waals surface area (Å²) in [5.74, 6) is -0.434. The SMILES string of the molecule is Cc1ccc(CCC(=O)c2ccc(Br)c(F)c2)cc1C. The lowest BCUT2D eigenvalue weighted by Crippen LogP contribution is -2.02. The monoisotopic (exact) mass is 334 g/mol. The number of aryl methyl sites for hydroxylation is 3. The topological polar surface area (TPSA) is 17.1 Å². The smallest absolute Gasteiger partial charge is 0.163 e. The first kappa shape index (κ1) is 14.9. The van der Waals surface area contributed by atoms with Crippen molar-refractivity contribution in [3.05, 3.63) is 68.9 Å². The molecule has 0 saturated carbocycles. The molecule has 0 unspecified atom stereocenters. The van der Waals surface area contributed by atoms with Crippen molar-refractivity contribution in [1.29, 1.82) is 0 Å². The van der Waals surface area contributed by atoms with Gasteiger partial charge >= 0.3 is 0 Å². The summed E-state index contributed by atoms with van der Waals surface area (Å²) in [6, 6.07) is 10.7. The number of carbonyl (C=O) groups is 1. The van der Waals surface area contributed by atoms with Crippen LogP contribution in [0.1, 0.15) is 33.5 Å². The van der Waals surface area contributed by atoms with Crippen LogP contribution >= 0.6 is 15.9 Å². The second kappa shape index (κ2) is 6.31. The number of rotatable bonds is 4. The van der Waals surface area contributed by atoms with Crippen LogP contribution in [0.15, 0.2) is 40.9 Å². The Hall–Kier alpha value is -1.48. The Morgan fingerprint density at radius 3 is 2.50 bits per heavy atom. The maximum Gasteiger partial charge on any atom is 0.163 e. The van der Waals surface area contributed by atoms with Crippen LogP contribution in [-0.4, -0.2) is 5.78 Å². The van der Waals surface area contributed by atoms with Crippen LogP contribution in [0.4, 0.5) is 4.39 Å². The van der Waals surface area contributed by atoms with Crippen molar-refractivity contribution in [1.82, 2.24) is 0 Å². The van der Waals surface area contributed by atoms with Crippen LogP contribution in [0.25, 0.3) is 0 Å². The van der Waals surface area contributed by atoms with E-state index in [4.69, 9.17) is 0 Å². The van der Waals surface area contributed by atoms with Gasteiger partial charge in [-0.3, -0.25) is 4.79 Å². The molecule has 0 N–H and O–H groups in total. The van der Waals surface area contributed by atoms with Crippen LogP contribution < -0.4 is 0 Å². The fourth-order valence-electron chi connectivity index (χ4n) is 2.03. The average molecular weight is 335 g/mol. The third-order valence-electron chi connectivity index (χ3n) is 3.45. The van der Waals surface area contributed by atoms with Gasteiger partial charge < -0.3 is 0 Å². The van der Waals surface area contributed by atoms with Gasteiger partial charge in [0.1, 0.15) is 5.82 Å². The lowest BCUT2D eigenvalue weighted by molar-refractivity contribution is 0.0982. The lowest BCUT2D eigenvalue weighted by atomic mass is 10.00. The third-order valence-corrected chi connectivity index (χ3v) is 4.10. The van der Waals surface area contributed by atoms with E-state index in [1.807, 2.05) is 6.07 Å². The third kappa shape index (κ3) is 3.54. The summed E-state index contributed by atoms with van der Waals surface area (Å²) >= 11 is 3.08. The van der Waals surface area contributed by atoms with Gasteiger partial charge in [0.05, 0.1) is 4.47 Å². The van der Waals surface area contributed by atoms with Crippen molar-refractivity contribution < 1.29 is 9.18 Å². The summed E-state index contributed by atoms with van der Waals surface area (Å²) in [6.45, 7) is 4.12. The molecule has 2 aromatic rings. The van der Waals surface area contributed by atoms with Crippen LogP contribution in [-0.2, 0) is 6.42 Å². The number of halogens is 2. The minimum absolute atomic E-state index is 0.0328. The highest BCUT2D eigenvalue weighted by Gasteiger charge is 2.09. The van der Waals surface area contributed by atoms with E-state index in [0.29, 0.717) is 22.9 Å². The van der Waals surface area contributed by atoms with Crippen molar-refractivity contribution in [2.24, 2.45) is 0 Å². The van der Waals surface area contributed by atoms with Gasteiger partial charge in [-0.1, -0.05) is 24.3 Å². The highest BCUT2D eigenvalue weighted by Crippen LogP contribution is 2.18. The summed E-state index contributed by atoms with van der Waals surface area (Å²) in [5, 5.41) is 0. The standard InChI is InChI=1S/C17H16BrFO/c1-11-3-4-13(9-12(11)2)5-8-17(20)14-6-7-15(18)16(19)10-14/h3-4,6-7,9-10H,5,8H2,1-2H3. The van der Waals surface area contributed by atoms with Gasteiger partial charge in [0.25, 0.3) is 0 Å². The minimum Gasteiger partial charge on any atom is -0.294 e. The molecule has 0 aromatic heterocycles. The minimum atomic E-state index is -0.401. The number of hydrogen-bond donors (Lipinski definition) is 0. The Balaban J connectivity index is 2.04. The molecule has 0 heterocycles. The largest absolute Gasteiger partial charge is 0.294 e. The fraction of sp³-hybridized carbons (Fsp3) is 0.235. The number of ketones is 1. The molecular formula is C17H16BrFO. The molecule has 20 heavy (non-hydrogen) atoms. The Bertz CT molecular complexity index is 649. The zero-order valence-corrected chi connectivity index (χ0v) is 13.1. The molecule has 0 aliphatic rings. The molecule has 0 atom stereocenters. The van der Waals surface area contributed by atoms with Crippen molar-refractivity contribution in [3.63, 3.8) is 0 Å². The Morgan fingerprint density at radius 2 is 1.85 bits per heavy atom. The second-order valence-corrected chi connectivity index (χ2v) is 5.83. The van der Waals surface area contributed by atoms with E-state index in [1.54, 1.807) is 12.1 Å². The molecule has 1 nitrogen and oxygen atoms in total. The highest BCUT2D eigenvalue weighted by molar-refractivity contribution is 9.10. The predicted octanol–water partition coefficient (Wildman–Crippen LogP) is 5.02. The molecule has 0 fully saturated rings. The van der Waals surface area contributed by atoms with Crippen LogP contribution in [0.2, 0.25) is 0 Å². The summed E-state index contributed by atoms with van der Waals surface area (Å²) in [6.07, 6.45) is 1.07. The highest BCUT2D eigenvalue weighted by atomic mass is 79.9. The molecule has 0 amide bonds. The van der Waals surface area contributed by atoms with Crippen molar-refractivity contribution in [2.45, 2.75) is 26.7 Å². The van der Waals surface area contributed by atoms with E-state index in [-0.39, 0.29) is 5.78 Å². The quantitative estimate of drug-likeness (QED) is 0.717. The first-order valence-corrected chi connectivity index (χ1v) is 7.31. The normalized spacial score (nSPS) is 10.6. The van der Waals surface area contributed by atoms with E-state index in [9.17, 15) is 9.18 Å². The maximum atomic E-state index is 13.4.